The second-order valence-corrected chi connectivity index (χ2v) is 10.8. The number of hydrogen-bond acceptors (Lipinski definition) is 5. The Morgan fingerprint density at radius 3 is 2.55 bits per heavy atom. The van der Waals surface area contributed by atoms with Crippen LogP contribution in [-0.2, 0) is 21.4 Å². The minimum absolute atomic E-state index is 0.110. The number of carbonyl (C=O) groups excluding carboxylic acids is 1. The number of rotatable bonds is 7. The van der Waals surface area contributed by atoms with Crippen LogP contribution >= 0.6 is 0 Å². The SMILES string of the molecule is Cc1ccc2c(c1)[C@@H](NC(=O)COc1ccc(CN(C)S(C)(=O)=O)cc1)CC(C)(C)O2. The van der Waals surface area contributed by atoms with Gasteiger partial charge in [0.2, 0.25) is 10.0 Å². The molecule has 0 unspecified atom stereocenters. The lowest BCUT2D eigenvalue weighted by atomic mass is 9.89. The van der Waals surface area contributed by atoms with Crippen LogP contribution in [-0.4, -0.2) is 44.1 Å². The van der Waals surface area contributed by atoms with Crippen molar-refractivity contribution in [3.8, 4) is 11.5 Å². The quantitative estimate of drug-likeness (QED) is 0.706. The lowest BCUT2D eigenvalue weighted by Crippen LogP contribution is -2.42. The summed E-state index contributed by atoms with van der Waals surface area (Å²) in [6.45, 7) is 6.20. The summed E-state index contributed by atoms with van der Waals surface area (Å²) in [6, 6.07) is 12.9. The Balaban J connectivity index is 1.59. The van der Waals surface area contributed by atoms with Crippen molar-refractivity contribution in [2.24, 2.45) is 0 Å². The first-order valence-electron chi connectivity index (χ1n) is 10.1. The molecule has 0 spiro atoms. The molecule has 1 amide bonds. The second-order valence-electron chi connectivity index (χ2n) is 8.68. The average Bonchev–Trinajstić information content (AvgIpc) is 2.66. The summed E-state index contributed by atoms with van der Waals surface area (Å²) in [5.41, 5.74) is 2.54. The smallest absolute Gasteiger partial charge is 0.258 e. The molecule has 0 saturated heterocycles. The van der Waals surface area contributed by atoms with Crippen molar-refractivity contribution < 1.29 is 22.7 Å². The fraction of sp³-hybridized carbons (Fsp3) is 0.435. The summed E-state index contributed by atoms with van der Waals surface area (Å²) in [6.07, 6.45) is 1.83. The fourth-order valence-electron chi connectivity index (χ4n) is 3.55. The molecule has 7 nitrogen and oxygen atoms in total. The number of benzene rings is 2. The molecular weight excluding hydrogens is 416 g/mol. The van der Waals surface area contributed by atoms with Gasteiger partial charge >= 0.3 is 0 Å². The van der Waals surface area contributed by atoms with Gasteiger partial charge in [-0.2, -0.15) is 0 Å². The van der Waals surface area contributed by atoms with Crippen molar-refractivity contribution in [3.63, 3.8) is 0 Å². The Morgan fingerprint density at radius 1 is 1.23 bits per heavy atom. The van der Waals surface area contributed by atoms with Crippen molar-refractivity contribution in [2.45, 2.75) is 45.4 Å². The molecule has 1 aliphatic rings. The van der Waals surface area contributed by atoms with E-state index in [1.54, 1.807) is 24.3 Å². The van der Waals surface area contributed by atoms with E-state index in [1.165, 1.54) is 17.6 Å². The lowest BCUT2D eigenvalue weighted by molar-refractivity contribution is -0.124. The Labute approximate surface area is 184 Å². The predicted molar refractivity (Wildman–Crippen MR) is 120 cm³/mol. The van der Waals surface area contributed by atoms with Crippen LogP contribution in [0.5, 0.6) is 11.5 Å². The number of aryl methyl sites for hydroxylation is 1. The van der Waals surface area contributed by atoms with Crippen LogP contribution in [0.3, 0.4) is 0 Å². The molecule has 1 atom stereocenters. The monoisotopic (exact) mass is 446 g/mol. The largest absolute Gasteiger partial charge is 0.487 e. The molecule has 168 valence electrons. The van der Waals surface area contributed by atoms with Crippen molar-refractivity contribution in [1.29, 1.82) is 0 Å². The van der Waals surface area contributed by atoms with E-state index in [1.807, 2.05) is 39.0 Å². The molecule has 2 aromatic rings. The van der Waals surface area contributed by atoms with Crippen molar-refractivity contribution in [1.82, 2.24) is 9.62 Å². The van der Waals surface area contributed by atoms with E-state index in [0.717, 1.165) is 22.4 Å². The van der Waals surface area contributed by atoms with Crippen molar-refractivity contribution >= 4 is 15.9 Å². The summed E-state index contributed by atoms with van der Waals surface area (Å²) in [4.78, 5) is 12.6. The highest BCUT2D eigenvalue weighted by Gasteiger charge is 2.34. The van der Waals surface area contributed by atoms with Gasteiger partial charge in [-0.1, -0.05) is 29.8 Å². The molecule has 0 aromatic heterocycles. The van der Waals surface area contributed by atoms with E-state index in [9.17, 15) is 13.2 Å². The van der Waals surface area contributed by atoms with E-state index in [0.29, 0.717) is 12.2 Å². The molecule has 8 heteroatoms. The minimum Gasteiger partial charge on any atom is -0.487 e. The zero-order valence-electron chi connectivity index (χ0n) is 18.6. The van der Waals surface area contributed by atoms with E-state index in [2.05, 4.69) is 5.32 Å². The summed E-state index contributed by atoms with van der Waals surface area (Å²) in [7, 11) is -1.71. The van der Waals surface area contributed by atoms with Gasteiger partial charge in [0.05, 0.1) is 12.3 Å². The number of nitrogens with one attached hydrogen (secondary N) is 1. The lowest BCUT2D eigenvalue weighted by Gasteiger charge is -2.38. The van der Waals surface area contributed by atoms with Crippen molar-refractivity contribution in [3.05, 3.63) is 59.2 Å². The number of hydrogen-bond donors (Lipinski definition) is 1. The molecule has 2 aromatic carbocycles. The summed E-state index contributed by atoms with van der Waals surface area (Å²) in [5.74, 6) is 1.13. The predicted octanol–water partition coefficient (Wildman–Crippen LogP) is 3.18. The van der Waals surface area contributed by atoms with Crippen LogP contribution in [0.25, 0.3) is 0 Å². The maximum absolute atomic E-state index is 12.6. The molecule has 1 heterocycles. The molecule has 0 saturated carbocycles. The van der Waals surface area contributed by atoms with Crippen molar-refractivity contribution in [2.75, 3.05) is 19.9 Å². The molecule has 0 bridgehead atoms. The fourth-order valence-corrected chi connectivity index (χ4v) is 3.94. The standard InChI is InChI=1S/C23H30N2O5S/c1-16-6-11-21-19(12-16)20(13-23(2,3)30-21)24-22(26)15-29-18-9-7-17(8-10-18)14-25(4)31(5,27)28/h6-12,20H,13-15H2,1-5H3,(H,24,26)/t20-/m0/s1. The molecule has 1 N–H and O–H groups in total. The van der Waals surface area contributed by atoms with Crippen LogP contribution in [0.4, 0.5) is 0 Å². The Morgan fingerprint density at radius 2 is 1.90 bits per heavy atom. The highest BCUT2D eigenvalue weighted by atomic mass is 32.2. The summed E-state index contributed by atoms with van der Waals surface area (Å²) >= 11 is 0. The zero-order valence-corrected chi connectivity index (χ0v) is 19.5. The van der Waals surface area contributed by atoms with Gasteiger partial charge in [0.1, 0.15) is 17.1 Å². The molecule has 0 radical (unpaired) electrons. The topological polar surface area (TPSA) is 84.9 Å². The number of carbonyl (C=O) groups is 1. The molecule has 0 fully saturated rings. The number of fused-ring (bicyclic) bond motifs is 1. The highest BCUT2D eigenvalue weighted by Crippen LogP contribution is 2.39. The van der Waals surface area contributed by atoms with Gasteiger partial charge in [0.25, 0.3) is 5.91 Å². The van der Waals surface area contributed by atoms with Gasteiger partial charge in [-0.15, -0.1) is 0 Å². The van der Waals surface area contributed by atoms with Gasteiger partial charge < -0.3 is 14.8 Å². The number of amides is 1. The normalized spacial score (nSPS) is 17.5. The van der Waals surface area contributed by atoms with E-state index in [4.69, 9.17) is 9.47 Å². The Kier molecular flexibility index (Phi) is 6.62. The first-order valence-corrected chi connectivity index (χ1v) is 12.0. The Hall–Kier alpha value is -2.58. The highest BCUT2D eigenvalue weighted by molar-refractivity contribution is 7.88. The minimum atomic E-state index is -3.24. The maximum Gasteiger partial charge on any atom is 0.258 e. The van der Waals surface area contributed by atoms with E-state index >= 15 is 0 Å². The van der Waals surface area contributed by atoms with Crippen LogP contribution in [0.15, 0.2) is 42.5 Å². The average molecular weight is 447 g/mol. The number of ether oxygens (including phenoxy) is 2. The Bertz CT molecular complexity index is 1050. The summed E-state index contributed by atoms with van der Waals surface area (Å²) < 4.78 is 36.0. The van der Waals surface area contributed by atoms with E-state index in [-0.39, 0.29) is 30.7 Å². The van der Waals surface area contributed by atoms with Gasteiger partial charge in [-0.3, -0.25) is 4.79 Å². The third-order valence-electron chi connectivity index (χ3n) is 5.22. The molecular formula is C23H30N2O5S. The van der Waals surface area contributed by atoms with E-state index < -0.39 is 10.0 Å². The van der Waals surface area contributed by atoms with Crippen LogP contribution < -0.4 is 14.8 Å². The third-order valence-corrected chi connectivity index (χ3v) is 6.48. The number of nitrogens with zero attached hydrogens (tertiary/aromatic N) is 1. The molecule has 3 rings (SSSR count). The van der Waals surface area contributed by atoms with Crippen LogP contribution in [0.2, 0.25) is 0 Å². The first kappa shape index (κ1) is 23.1. The summed E-state index contributed by atoms with van der Waals surface area (Å²) in [5, 5.41) is 3.06. The molecule has 1 aliphatic heterocycles. The van der Waals surface area contributed by atoms with Gasteiger partial charge in [0.15, 0.2) is 6.61 Å². The van der Waals surface area contributed by atoms with Gasteiger partial charge in [-0.05, 0) is 44.5 Å². The zero-order chi connectivity index (χ0) is 22.8. The molecule has 0 aliphatic carbocycles. The third kappa shape index (κ3) is 6.21. The second kappa shape index (κ2) is 8.88. The molecule has 31 heavy (non-hydrogen) atoms. The first-order chi connectivity index (χ1) is 14.4. The van der Waals surface area contributed by atoms with Crippen LogP contribution in [0.1, 0.15) is 43.0 Å². The number of sulfonamides is 1. The maximum atomic E-state index is 12.6. The van der Waals surface area contributed by atoms with Crippen LogP contribution in [0, 0.1) is 6.92 Å². The van der Waals surface area contributed by atoms with Gasteiger partial charge in [0, 0.05) is 25.6 Å². The van der Waals surface area contributed by atoms with Gasteiger partial charge in [-0.25, -0.2) is 12.7 Å².